The Morgan fingerprint density at radius 1 is 1.21 bits per heavy atom. The molecule has 14 heavy (non-hydrogen) atoms. The highest BCUT2D eigenvalue weighted by atomic mass is 16.5. The fourth-order valence-electron chi connectivity index (χ4n) is 2.15. The molecule has 2 nitrogen and oxygen atoms in total. The van der Waals surface area contributed by atoms with E-state index in [2.05, 4.69) is 33.0 Å². The lowest BCUT2D eigenvalue weighted by atomic mass is 9.99. The van der Waals surface area contributed by atoms with Crippen molar-refractivity contribution in [3.8, 4) is 0 Å². The van der Waals surface area contributed by atoms with E-state index in [0.717, 1.165) is 12.5 Å². The Bertz CT molecular complexity index is 148. The van der Waals surface area contributed by atoms with Crippen molar-refractivity contribution in [1.29, 1.82) is 0 Å². The average Bonchev–Trinajstić information content (AvgIpc) is 2.01. The van der Waals surface area contributed by atoms with Crippen molar-refractivity contribution in [2.45, 2.75) is 65.2 Å². The zero-order valence-electron chi connectivity index (χ0n) is 10.0. The molecule has 0 amide bonds. The Labute approximate surface area is 88.4 Å². The van der Waals surface area contributed by atoms with Crippen molar-refractivity contribution in [2.75, 3.05) is 6.54 Å². The lowest BCUT2D eigenvalue weighted by Crippen LogP contribution is -2.41. The van der Waals surface area contributed by atoms with Gasteiger partial charge in [-0.15, -0.1) is 0 Å². The van der Waals surface area contributed by atoms with Gasteiger partial charge in [0.05, 0.1) is 12.2 Å². The molecule has 1 fully saturated rings. The summed E-state index contributed by atoms with van der Waals surface area (Å²) >= 11 is 0. The molecule has 0 aliphatic carbocycles. The first-order valence-corrected chi connectivity index (χ1v) is 5.96. The SMILES string of the molecule is CC(C)CCNC1CC(C)OC(C)C1. The van der Waals surface area contributed by atoms with Gasteiger partial charge in [0, 0.05) is 6.04 Å². The molecule has 2 heteroatoms. The summed E-state index contributed by atoms with van der Waals surface area (Å²) in [5, 5.41) is 3.63. The molecule has 1 aliphatic heterocycles. The Kier molecular flexibility index (Phi) is 4.90. The van der Waals surface area contributed by atoms with Crippen LogP contribution in [0.4, 0.5) is 0 Å². The van der Waals surface area contributed by atoms with Gasteiger partial charge in [-0.1, -0.05) is 13.8 Å². The van der Waals surface area contributed by atoms with Crippen LogP contribution in [0, 0.1) is 5.92 Å². The average molecular weight is 199 g/mol. The minimum absolute atomic E-state index is 0.426. The molecule has 1 rings (SSSR count). The molecule has 0 bridgehead atoms. The standard InChI is InChI=1S/C12H25NO/c1-9(2)5-6-13-12-7-10(3)14-11(4)8-12/h9-13H,5-8H2,1-4H3. The second kappa shape index (κ2) is 5.72. The minimum atomic E-state index is 0.426. The summed E-state index contributed by atoms with van der Waals surface area (Å²) in [6.07, 6.45) is 4.47. The highest BCUT2D eigenvalue weighted by Crippen LogP contribution is 2.18. The maximum atomic E-state index is 5.70. The van der Waals surface area contributed by atoms with E-state index in [-0.39, 0.29) is 0 Å². The third-order valence-corrected chi connectivity index (χ3v) is 2.85. The van der Waals surface area contributed by atoms with E-state index in [9.17, 15) is 0 Å². The Morgan fingerprint density at radius 2 is 1.79 bits per heavy atom. The Hall–Kier alpha value is -0.0800. The minimum Gasteiger partial charge on any atom is -0.375 e. The van der Waals surface area contributed by atoms with Crippen molar-refractivity contribution in [3.05, 3.63) is 0 Å². The van der Waals surface area contributed by atoms with E-state index < -0.39 is 0 Å². The summed E-state index contributed by atoms with van der Waals surface area (Å²) in [5.41, 5.74) is 0. The van der Waals surface area contributed by atoms with E-state index in [1.165, 1.54) is 19.3 Å². The predicted octanol–water partition coefficient (Wildman–Crippen LogP) is 2.58. The number of nitrogens with one attached hydrogen (secondary N) is 1. The van der Waals surface area contributed by atoms with Crippen LogP contribution in [0.5, 0.6) is 0 Å². The first-order valence-electron chi connectivity index (χ1n) is 5.96. The van der Waals surface area contributed by atoms with Crippen LogP contribution in [-0.2, 0) is 4.74 Å². The smallest absolute Gasteiger partial charge is 0.0565 e. The van der Waals surface area contributed by atoms with Gasteiger partial charge in [-0.3, -0.25) is 0 Å². The molecular formula is C12H25NO. The maximum Gasteiger partial charge on any atom is 0.0565 e. The lowest BCUT2D eigenvalue weighted by Gasteiger charge is -2.32. The third-order valence-electron chi connectivity index (χ3n) is 2.85. The fraction of sp³-hybridized carbons (Fsp3) is 1.00. The highest BCUT2D eigenvalue weighted by molar-refractivity contribution is 4.78. The van der Waals surface area contributed by atoms with Crippen LogP contribution in [-0.4, -0.2) is 24.8 Å². The maximum absolute atomic E-state index is 5.70. The molecule has 0 radical (unpaired) electrons. The van der Waals surface area contributed by atoms with E-state index >= 15 is 0 Å². The quantitative estimate of drug-likeness (QED) is 0.751. The van der Waals surface area contributed by atoms with E-state index in [1.807, 2.05) is 0 Å². The second-order valence-corrected chi connectivity index (χ2v) is 5.06. The lowest BCUT2D eigenvalue weighted by molar-refractivity contribution is -0.0420. The van der Waals surface area contributed by atoms with Crippen molar-refractivity contribution in [1.82, 2.24) is 5.32 Å². The normalized spacial score (nSPS) is 33.6. The molecule has 0 saturated carbocycles. The van der Waals surface area contributed by atoms with E-state index in [1.54, 1.807) is 0 Å². The van der Waals surface area contributed by atoms with Crippen LogP contribution in [0.3, 0.4) is 0 Å². The van der Waals surface area contributed by atoms with Crippen molar-refractivity contribution in [2.24, 2.45) is 5.92 Å². The van der Waals surface area contributed by atoms with Crippen LogP contribution in [0.2, 0.25) is 0 Å². The first-order chi connectivity index (χ1) is 6.58. The van der Waals surface area contributed by atoms with Gasteiger partial charge in [-0.2, -0.15) is 0 Å². The molecule has 0 spiro atoms. The van der Waals surface area contributed by atoms with Gasteiger partial charge in [-0.25, -0.2) is 0 Å². The topological polar surface area (TPSA) is 21.3 Å². The molecule has 2 unspecified atom stereocenters. The van der Waals surface area contributed by atoms with Gasteiger partial charge >= 0.3 is 0 Å². The van der Waals surface area contributed by atoms with Crippen molar-refractivity contribution in [3.63, 3.8) is 0 Å². The molecule has 84 valence electrons. The van der Waals surface area contributed by atoms with Gasteiger partial charge in [0.1, 0.15) is 0 Å². The molecule has 1 aliphatic rings. The summed E-state index contributed by atoms with van der Waals surface area (Å²) in [7, 11) is 0. The second-order valence-electron chi connectivity index (χ2n) is 5.06. The summed E-state index contributed by atoms with van der Waals surface area (Å²) in [5.74, 6) is 0.803. The molecule has 0 aromatic rings. The van der Waals surface area contributed by atoms with Crippen LogP contribution >= 0.6 is 0 Å². The van der Waals surface area contributed by atoms with Gasteiger partial charge < -0.3 is 10.1 Å². The van der Waals surface area contributed by atoms with Crippen molar-refractivity contribution < 1.29 is 4.74 Å². The van der Waals surface area contributed by atoms with Gasteiger partial charge in [0.25, 0.3) is 0 Å². The molecule has 1 saturated heterocycles. The van der Waals surface area contributed by atoms with Gasteiger partial charge in [0.15, 0.2) is 0 Å². The van der Waals surface area contributed by atoms with E-state index in [0.29, 0.717) is 18.2 Å². The number of ether oxygens (including phenoxy) is 1. The third kappa shape index (κ3) is 4.43. The van der Waals surface area contributed by atoms with Crippen LogP contribution in [0.1, 0.15) is 47.0 Å². The Morgan fingerprint density at radius 3 is 2.29 bits per heavy atom. The van der Waals surface area contributed by atoms with Crippen LogP contribution in [0.25, 0.3) is 0 Å². The molecular weight excluding hydrogens is 174 g/mol. The van der Waals surface area contributed by atoms with Gasteiger partial charge in [0.2, 0.25) is 0 Å². The first kappa shape index (κ1) is 12.0. The largest absolute Gasteiger partial charge is 0.375 e. The van der Waals surface area contributed by atoms with E-state index in [4.69, 9.17) is 4.74 Å². The predicted molar refractivity (Wildman–Crippen MR) is 60.5 cm³/mol. The number of hydrogen-bond donors (Lipinski definition) is 1. The molecule has 0 aromatic heterocycles. The number of hydrogen-bond acceptors (Lipinski definition) is 2. The van der Waals surface area contributed by atoms with Crippen LogP contribution in [0.15, 0.2) is 0 Å². The van der Waals surface area contributed by atoms with Crippen LogP contribution < -0.4 is 5.32 Å². The summed E-state index contributed by atoms with van der Waals surface area (Å²) in [6.45, 7) is 10.1. The number of rotatable bonds is 4. The summed E-state index contributed by atoms with van der Waals surface area (Å²) in [4.78, 5) is 0. The summed E-state index contributed by atoms with van der Waals surface area (Å²) in [6, 6.07) is 0.674. The zero-order chi connectivity index (χ0) is 10.6. The monoisotopic (exact) mass is 199 g/mol. The summed E-state index contributed by atoms with van der Waals surface area (Å²) < 4.78 is 5.70. The Balaban J connectivity index is 2.17. The zero-order valence-corrected chi connectivity index (χ0v) is 10.0. The van der Waals surface area contributed by atoms with Gasteiger partial charge in [-0.05, 0) is 45.6 Å². The van der Waals surface area contributed by atoms with Crippen molar-refractivity contribution >= 4 is 0 Å². The molecule has 1 N–H and O–H groups in total. The molecule has 2 atom stereocenters. The molecule has 1 heterocycles. The fourth-order valence-corrected chi connectivity index (χ4v) is 2.15. The highest BCUT2D eigenvalue weighted by Gasteiger charge is 2.23. The molecule has 0 aromatic carbocycles.